The SMILES string of the molecule is CCC[C@@H](NC(=O)COc1ccc(Cl)cc1[N+](=O)[O-])c1ccccc1. The molecule has 0 bridgehead atoms. The first-order valence-corrected chi connectivity index (χ1v) is 8.30. The average Bonchev–Trinajstić information content (AvgIpc) is 2.61. The van der Waals surface area contributed by atoms with Crippen LogP contribution in [-0.2, 0) is 4.79 Å². The normalized spacial score (nSPS) is 11.6. The molecule has 0 aliphatic carbocycles. The molecule has 0 unspecified atom stereocenters. The van der Waals surface area contributed by atoms with Gasteiger partial charge in [0.1, 0.15) is 0 Å². The Labute approximate surface area is 150 Å². The van der Waals surface area contributed by atoms with Gasteiger partial charge in [-0.3, -0.25) is 14.9 Å². The van der Waals surface area contributed by atoms with Gasteiger partial charge < -0.3 is 10.1 Å². The molecule has 132 valence electrons. The summed E-state index contributed by atoms with van der Waals surface area (Å²) in [4.78, 5) is 22.6. The molecule has 1 amide bonds. The zero-order valence-corrected chi connectivity index (χ0v) is 14.5. The molecule has 1 atom stereocenters. The Hall–Kier alpha value is -2.60. The number of hydrogen-bond donors (Lipinski definition) is 1. The first kappa shape index (κ1) is 18.7. The number of benzene rings is 2. The Morgan fingerprint density at radius 2 is 2.00 bits per heavy atom. The molecule has 0 aliphatic heterocycles. The first-order valence-electron chi connectivity index (χ1n) is 7.92. The largest absolute Gasteiger partial charge is 0.477 e. The van der Waals surface area contributed by atoms with E-state index < -0.39 is 4.92 Å². The third-order valence-corrected chi connectivity index (χ3v) is 3.83. The van der Waals surface area contributed by atoms with Crippen molar-refractivity contribution in [2.24, 2.45) is 0 Å². The van der Waals surface area contributed by atoms with Crippen LogP contribution in [0.1, 0.15) is 31.4 Å². The predicted octanol–water partition coefficient (Wildman–Crippen LogP) is 4.28. The second-order valence-corrected chi connectivity index (χ2v) is 5.91. The number of carbonyl (C=O) groups excluding carboxylic acids is 1. The second kappa shape index (κ2) is 9.03. The molecule has 0 spiro atoms. The van der Waals surface area contributed by atoms with Crippen molar-refractivity contribution in [2.45, 2.75) is 25.8 Å². The summed E-state index contributed by atoms with van der Waals surface area (Å²) in [6.07, 6.45) is 1.69. The van der Waals surface area contributed by atoms with Gasteiger partial charge in [0.05, 0.1) is 11.0 Å². The quantitative estimate of drug-likeness (QED) is 0.561. The summed E-state index contributed by atoms with van der Waals surface area (Å²) in [5, 5.41) is 14.2. The lowest BCUT2D eigenvalue weighted by Crippen LogP contribution is -2.32. The highest BCUT2D eigenvalue weighted by molar-refractivity contribution is 6.30. The molecule has 0 fully saturated rings. The molecule has 2 aromatic carbocycles. The number of carbonyl (C=O) groups is 1. The molecule has 2 rings (SSSR count). The van der Waals surface area contributed by atoms with Gasteiger partial charge in [0.15, 0.2) is 12.4 Å². The lowest BCUT2D eigenvalue weighted by molar-refractivity contribution is -0.385. The Bertz CT molecular complexity index is 737. The van der Waals surface area contributed by atoms with Crippen molar-refractivity contribution in [3.8, 4) is 5.75 Å². The zero-order valence-electron chi connectivity index (χ0n) is 13.8. The standard InChI is InChI=1S/C18H19ClN2O4/c1-2-6-15(13-7-4-3-5-8-13)20-18(22)12-25-17-10-9-14(19)11-16(17)21(23)24/h3-5,7-11,15H,2,6,12H2,1H3,(H,20,22)/t15-/m1/s1. The summed E-state index contributed by atoms with van der Waals surface area (Å²) in [5.74, 6) is -0.331. The van der Waals surface area contributed by atoms with Crippen LogP contribution in [-0.4, -0.2) is 17.4 Å². The highest BCUT2D eigenvalue weighted by Crippen LogP contribution is 2.29. The van der Waals surface area contributed by atoms with Crippen LogP contribution in [0.3, 0.4) is 0 Å². The number of nitro groups is 1. The van der Waals surface area contributed by atoms with Crippen molar-refractivity contribution in [2.75, 3.05) is 6.61 Å². The fourth-order valence-electron chi connectivity index (χ4n) is 2.43. The molecule has 25 heavy (non-hydrogen) atoms. The lowest BCUT2D eigenvalue weighted by atomic mass is 10.0. The van der Waals surface area contributed by atoms with E-state index in [2.05, 4.69) is 5.32 Å². The van der Waals surface area contributed by atoms with E-state index in [-0.39, 0.29) is 35.0 Å². The molecule has 0 heterocycles. The van der Waals surface area contributed by atoms with Crippen LogP contribution in [0.5, 0.6) is 5.75 Å². The fourth-order valence-corrected chi connectivity index (χ4v) is 2.60. The van der Waals surface area contributed by atoms with E-state index in [1.54, 1.807) is 0 Å². The van der Waals surface area contributed by atoms with Gasteiger partial charge in [-0.1, -0.05) is 55.3 Å². The molecule has 0 saturated heterocycles. The van der Waals surface area contributed by atoms with Gasteiger partial charge in [-0.05, 0) is 24.1 Å². The summed E-state index contributed by atoms with van der Waals surface area (Å²) in [6, 6.07) is 13.6. The van der Waals surface area contributed by atoms with E-state index in [1.165, 1.54) is 18.2 Å². The lowest BCUT2D eigenvalue weighted by Gasteiger charge is -2.18. The third-order valence-electron chi connectivity index (χ3n) is 3.59. The maximum Gasteiger partial charge on any atom is 0.312 e. The monoisotopic (exact) mass is 362 g/mol. The van der Waals surface area contributed by atoms with Gasteiger partial charge in [0.25, 0.3) is 5.91 Å². The Balaban J connectivity index is 2.01. The minimum atomic E-state index is -0.594. The van der Waals surface area contributed by atoms with Crippen LogP contribution in [0, 0.1) is 10.1 Å². The zero-order chi connectivity index (χ0) is 18.2. The number of hydrogen-bond acceptors (Lipinski definition) is 4. The summed E-state index contributed by atoms with van der Waals surface area (Å²) < 4.78 is 5.32. The molecule has 0 aromatic heterocycles. The van der Waals surface area contributed by atoms with E-state index in [0.29, 0.717) is 0 Å². The van der Waals surface area contributed by atoms with Gasteiger partial charge in [0, 0.05) is 11.1 Å². The molecule has 7 heteroatoms. The van der Waals surface area contributed by atoms with E-state index >= 15 is 0 Å². The van der Waals surface area contributed by atoms with Gasteiger partial charge in [0.2, 0.25) is 0 Å². The van der Waals surface area contributed by atoms with Gasteiger partial charge in [-0.2, -0.15) is 0 Å². The summed E-state index contributed by atoms with van der Waals surface area (Å²) in [6.45, 7) is 1.73. The van der Waals surface area contributed by atoms with Crippen LogP contribution in [0.15, 0.2) is 48.5 Å². The number of nitrogens with zero attached hydrogens (tertiary/aromatic N) is 1. The predicted molar refractivity (Wildman–Crippen MR) is 95.8 cm³/mol. The first-order chi connectivity index (χ1) is 12.0. The topological polar surface area (TPSA) is 81.5 Å². The van der Waals surface area contributed by atoms with E-state index in [4.69, 9.17) is 16.3 Å². The van der Waals surface area contributed by atoms with E-state index in [0.717, 1.165) is 18.4 Å². The third kappa shape index (κ3) is 5.46. The molecule has 0 radical (unpaired) electrons. The van der Waals surface area contributed by atoms with Crippen LogP contribution in [0.4, 0.5) is 5.69 Å². The number of nitro benzene ring substituents is 1. The van der Waals surface area contributed by atoms with E-state index in [1.807, 2.05) is 37.3 Å². The highest BCUT2D eigenvalue weighted by atomic mass is 35.5. The summed E-state index contributed by atoms with van der Waals surface area (Å²) in [5.41, 5.74) is 0.739. The van der Waals surface area contributed by atoms with Gasteiger partial charge in [-0.25, -0.2) is 0 Å². The number of rotatable bonds is 8. The van der Waals surface area contributed by atoms with Crippen LogP contribution in [0.2, 0.25) is 5.02 Å². The van der Waals surface area contributed by atoms with Crippen molar-refractivity contribution < 1.29 is 14.5 Å². The average molecular weight is 363 g/mol. The summed E-state index contributed by atoms with van der Waals surface area (Å²) >= 11 is 5.76. The van der Waals surface area contributed by atoms with Crippen LogP contribution < -0.4 is 10.1 Å². The van der Waals surface area contributed by atoms with Crippen molar-refractivity contribution in [1.82, 2.24) is 5.32 Å². The van der Waals surface area contributed by atoms with Crippen molar-refractivity contribution in [3.05, 3.63) is 69.2 Å². The van der Waals surface area contributed by atoms with Crippen molar-refractivity contribution >= 4 is 23.2 Å². The summed E-state index contributed by atoms with van der Waals surface area (Å²) in [7, 11) is 0. The van der Waals surface area contributed by atoms with Gasteiger partial charge >= 0.3 is 5.69 Å². The van der Waals surface area contributed by atoms with Crippen LogP contribution in [0.25, 0.3) is 0 Å². The molecule has 0 saturated carbocycles. The number of halogens is 1. The molecule has 6 nitrogen and oxygen atoms in total. The number of ether oxygens (including phenoxy) is 1. The van der Waals surface area contributed by atoms with E-state index in [9.17, 15) is 14.9 Å². The fraction of sp³-hybridized carbons (Fsp3) is 0.278. The molecular weight excluding hydrogens is 344 g/mol. The minimum absolute atomic E-state index is 0.0105. The second-order valence-electron chi connectivity index (χ2n) is 5.48. The Morgan fingerprint density at radius 1 is 1.28 bits per heavy atom. The highest BCUT2D eigenvalue weighted by Gasteiger charge is 2.18. The van der Waals surface area contributed by atoms with Crippen molar-refractivity contribution in [3.63, 3.8) is 0 Å². The molecule has 0 aliphatic rings. The maximum absolute atomic E-state index is 12.2. The number of amides is 1. The molecular formula is C18H19ClN2O4. The van der Waals surface area contributed by atoms with Gasteiger partial charge in [-0.15, -0.1) is 0 Å². The number of nitrogens with one attached hydrogen (secondary N) is 1. The smallest absolute Gasteiger partial charge is 0.312 e. The molecule has 2 aromatic rings. The maximum atomic E-state index is 12.2. The minimum Gasteiger partial charge on any atom is -0.477 e. The Morgan fingerprint density at radius 3 is 2.64 bits per heavy atom. The Kier molecular flexibility index (Phi) is 6.77. The molecule has 1 N–H and O–H groups in total. The van der Waals surface area contributed by atoms with Crippen LogP contribution >= 0.6 is 11.6 Å². The van der Waals surface area contributed by atoms with Crippen molar-refractivity contribution in [1.29, 1.82) is 0 Å².